The molecule has 3 aromatic rings. The number of carbonyl (C=O) groups excluding carboxylic acids is 1. The van der Waals surface area contributed by atoms with Gasteiger partial charge in [-0.2, -0.15) is 0 Å². The van der Waals surface area contributed by atoms with E-state index in [4.69, 9.17) is 4.74 Å². The number of anilines is 1. The fourth-order valence-electron chi connectivity index (χ4n) is 2.06. The lowest BCUT2D eigenvalue weighted by atomic mass is 10.3. The third-order valence-electron chi connectivity index (χ3n) is 3.29. The Morgan fingerprint density at radius 1 is 1.32 bits per heavy atom. The number of aromatic nitrogens is 4. The van der Waals surface area contributed by atoms with Crippen LogP contribution in [0, 0.1) is 0 Å². The molecule has 0 aliphatic rings. The van der Waals surface area contributed by atoms with E-state index in [0.29, 0.717) is 11.6 Å². The lowest BCUT2D eigenvalue weighted by Gasteiger charge is -2.09. The van der Waals surface area contributed by atoms with E-state index in [1.165, 1.54) is 25.6 Å². The van der Waals surface area contributed by atoms with Crippen LogP contribution in [-0.2, 0) is 0 Å². The Labute approximate surface area is 141 Å². The number of nitrogens with one attached hydrogen (secondary N) is 1. The number of alkyl halides is 2. The summed E-state index contributed by atoms with van der Waals surface area (Å²) >= 11 is 0. The third-order valence-corrected chi connectivity index (χ3v) is 3.29. The molecule has 0 atom stereocenters. The molecule has 1 N–H and O–H groups in total. The smallest absolute Gasteiger partial charge is 0.280 e. The fraction of sp³-hybridized carbons (Fsp3) is 0.125. The van der Waals surface area contributed by atoms with Crippen LogP contribution in [0.5, 0.6) is 5.75 Å². The Balaban J connectivity index is 1.85. The minimum Gasteiger partial charge on any atom is -0.497 e. The number of hydrogen-bond acceptors (Lipinski definition) is 5. The molecule has 3 aromatic heterocycles. The first kappa shape index (κ1) is 16.5. The molecule has 7 nitrogen and oxygen atoms in total. The molecular formula is C16H13F2N5O2. The SMILES string of the molecule is COc1cc(C(=O)Nc2ccc(C(F)F)nc2)nc(-n2ccnc2)c1. The van der Waals surface area contributed by atoms with Crippen molar-refractivity contribution in [3.05, 3.63) is 60.6 Å². The molecule has 9 heteroatoms. The summed E-state index contributed by atoms with van der Waals surface area (Å²) in [5.41, 5.74) is 0.0177. The molecule has 0 spiro atoms. The Kier molecular flexibility index (Phi) is 4.64. The zero-order valence-corrected chi connectivity index (χ0v) is 13.1. The molecule has 0 saturated carbocycles. The van der Waals surface area contributed by atoms with E-state index in [1.54, 1.807) is 23.0 Å². The second-order valence-electron chi connectivity index (χ2n) is 4.95. The van der Waals surface area contributed by atoms with Gasteiger partial charge in [0.05, 0.1) is 19.0 Å². The molecule has 3 rings (SSSR count). The summed E-state index contributed by atoms with van der Waals surface area (Å²) in [5, 5.41) is 2.56. The predicted octanol–water partition coefficient (Wildman–Crippen LogP) is 2.86. The van der Waals surface area contributed by atoms with Crippen molar-refractivity contribution in [2.24, 2.45) is 0 Å². The maximum Gasteiger partial charge on any atom is 0.280 e. The van der Waals surface area contributed by atoms with Crippen molar-refractivity contribution >= 4 is 11.6 Å². The number of halogens is 2. The van der Waals surface area contributed by atoms with Crippen molar-refractivity contribution < 1.29 is 18.3 Å². The van der Waals surface area contributed by atoms with Crippen LogP contribution in [-0.4, -0.2) is 32.5 Å². The molecule has 25 heavy (non-hydrogen) atoms. The minimum absolute atomic E-state index is 0.0981. The summed E-state index contributed by atoms with van der Waals surface area (Å²) in [6, 6.07) is 5.62. The quantitative estimate of drug-likeness (QED) is 0.769. The summed E-state index contributed by atoms with van der Waals surface area (Å²) in [6.07, 6.45) is 3.29. The summed E-state index contributed by atoms with van der Waals surface area (Å²) in [5.74, 6) is 0.370. The standard InChI is InChI=1S/C16H13F2N5O2/c1-25-11-6-13(22-14(7-11)23-5-4-19-9-23)16(24)21-10-2-3-12(15(17)18)20-8-10/h2-9,15H,1H3,(H,21,24). The predicted molar refractivity (Wildman–Crippen MR) is 85.1 cm³/mol. The summed E-state index contributed by atoms with van der Waals surface area (Å²) in [4.78, 5) is 24.2. The van der Waals surface area contributed by atoms with Gasteiger partial charge < -0.3 is 10.1 Å². The third kappa shape index (κ3) is 3.77. The molecule has 1 amide bonds. The summed E-state index contributed by atoms with van der Waals surface area (Å²) in [6.45, 7) is 0. The molecule has 128 valence electrons. The maximum absolute atomic E-state index is 12.5. The van der Waals surface area contributed by atoms with Crippen molar-refractivity contribution in [2.75, 3.05) is 12.4 Å². The number of ether oxygens (including phenoxy) is 1. The van der Waals surface area contributed by atoms with Crippen LogP contribution in [0.2, 0.25) is 0 Å². The number of methoxy groups -OCH3 is 1. The first-order valence-corrected chi connectivity index (χ1v) is 7.16. The molecule has 0 aliphatic heterocycles. The number of imidazole rings is 1. The summed E-state index contributed by atoms with van der Waals surface area (Å²) < 4.78 is 31.8. The van der Waals surface area contributed by atoms with E-state index >= 15 is 0 Å². The fourth-order valence-corrected chi connectivity index (χ4v) is 2.06. The minimum atomic E-state index is -2.66. The average molecular weight is 345 g/mol. The van der Waals surface area contributed by atoms with Crippen LogP contribution in [0.4, 0.5) is 14.5 Å². The van der Waals surface area contributed by atoms with Crippen LogP contribution in [0.15, 0.2) is 49.2 Å². The zero-order valence-electron chi connectivity index (χ0n) is 13.1. The Morgan fingerprint density at radius 3 is 2.76 bits per heavy atom. The van der Waals surface area contributed by atoms with E-state index in [-0.39, 0.29) is 17.1 Å². The molecule has 0 radical (unpaired) electrons. The van der Waals surface area contributed by atoms with Gasteiger partial charge in [0.15, 0.2) is 0 Å². The van der Waals surface area contributed by atoms with E-state index < -0.39 is 12.3 Å². The molecule has 3 heterocycles. The van der Waals surface area contributed by atoms with Gasteiger partial charge in [0.25, 0.3) is 12.3 Å². The molecular weight excluding hydrogens is 332 g/mol. The van der Waals surface area contributed by atoms with Gasteiger partial charge in [-0.1, -0.05) is 0 Å². The molecule has 0 aromatic carbocycles. The number of hydrogen-bond donors (Lipinski definition) is 1. The normalized spacial score (nSPS) is 10.7. The second kappa shape index (κ2) is 7.04. The van der Waals surface area contributed by atoms with E-state index in [1.807, 2.05) is 0 Å². The number of rotatable bonds is 5. The van der Waals surface area contributed by atoms with Crippen LogP contribution in [0.3, 0.4) is 0 Å². The number of nitrogens with zero attached hydrogens (tertiary/aromatic N) is 4. The molecule has 0 saturated heterocycles. The van der Waals surface area contributed by atoms with Crippen molar-refractivity contribution in [3.8, 4) is 11.6 Å². The van der Waals surface area contributed by atoms with Crippen molar-refractivity contribution in [3.63, 3.8) is 0 Å². The number of pyridine rings is 2. The van der Waals surface area contributed by atoms with Crippen LogP contribution < -0.4 is 10.1 Å². The van der Waals surface area contributed by atoms with Crippen molar-refractivity contribution in [1.29, 1.82) is 0 Å². The second-order valence-corrected chi connectivity index (χ2v) is 4.95. The van der Waals surface area contributed by atoms with Gasteiger partial charge in [0.1, 0.15) is 29.3 Å². The highest BCUT2D eigenvalue weighted by atomic mass is 19.3. The van der Waals surface area contributed by atoms with Gasteiger partial charge >= 0.3 is 0 Å². The van der Waals surface area contributed by atoms with Crippen LogP contribution >= 0.6 is 0 Å². The highest BCUT2D eigenvalue weighted by molar-refractivity contribution is 6.03. The van der Waals surface area contributed by atoms with Gasteiger partial charge in [0.2, 0.25) is 0 Å². The van der Waals surface area contributed by atoms with Gasteiger partial charge in [-0.15, -0.1) is 0 Å². The van der Waals surface area contributed by atoms with Crippen molar-refractivity contribution in [2.45, 2.75) is 6.43 Å². The molecule has 0 aliphatic carbocycles. The van der Waals surface area contributed by atoms with Crippen LogP contribution in [0.1, 0.15) is 22.6 Å². The van der Waals surface area contributed by atoms with E-state index in [0.717, 1.165) is 12.3 Å². The first-order chi connectivity index (χ1) is 12.1. The lowest BCUT2D eigenvalue weighted by molar-refractivity contribution is 0.102. The Bertz CT molecular complexity index is 867. The first-order valence-electron chi connectivity index (χ1n) is 7.16. The highest BCUT2D eigenvalue weighted by Gasteiger charge is 2.14. The molecule has 0 unspecified atom stereocenters. The largest absolute Gasteiger partial charge is 0.497 e. The van der Waals surface area contributed by atoms with E-state index in [9.17, 15) is 13.6 Å². The van der Waals surface area contributed by atoms with E-state index in [2.05, 4.69) is 20.3 Å². The zero-order chi connectivity index (χ0) is 17.8. The topological polar surface area (TPSA) is 81.9 Å². The number of carbonyl (C=O) groups is 1. The summed E-state index contributed by atoms with van der Waals surface area (Å²) in [7, 11) is 1.47. The monoisotopic (exact) mass is 345 g/mol. The van der Waals surface area contributed by atoms with Gasteiger partial charge in [-0.3, -0.25) is 14.3 Å². The van der Waals surface area contributed by atoms with Gasteiger partial charge in [0, 0.05) is 24.5 Å². The highest BCUT2D eigenvalue weighted by Crippen LogP contribution is 2.20. The van der Waals surface area contributed by atoms with Crippen LogP contribution in [0.25, 0.3) is 5.82 Å². The number of amides is 1. The molecule has 0 bridgehead atoms. The average Bonchev–Trinajstić information content (AvgIpc) is 3.16. The maximum atomic E-state index is 12.5. The van der Waals surface area contributed by atoms with Crippen molar-refractivity contribution in [1.82, 2.24) is 19.5 Å². The Morgan fingerprint density at radius 2 is 2.16 bits per heavy atom. The molecule has 0 fully saturated rings. The van der Waals surface area contributed by atoms with Gasteiger partial charge in [-0.25, -0.2) is 18.7 Å². The Hall–Kier alpha value is -3.36. The lowest BCUT2D eigenvalue weighted by Crippen LogP contribution is -2.15. The van der Waals surface area contributed by atoms with Gasteiger partial charge in [-0.05, 0) is 12.1 Å².